The molecule has 7 nitrogen and oxygen atoms in total. The second kappa shape index (κ2) is 8.98. The van der Waals surface area contributed by atoms with Crippen molar-refractivity contribution in [1.29, 1.82) is 5.26 Å². The summed E-state index contributed by atoms with van der Waals surface area (Å²) < 4.78 is 14.1. The lowest BCUT2D eigenvalue weighted by atomic mass is 10.0. The smallest absolute Gasteiger partial charge is 0.409 e. The van der Waals surface area contributed by atoms with Gasteiger partial charge in [0.2, 0.25) is 5.91 Å². The molecule has 30 heavy (non-hydrogen) atoms. The SMILES string of the molecule is N#Cc1ccsc1C(=O)CC(=O)Nc1cc(-c2ccccc2F)ccc1NC(=O)O. The molecule has 150 valence electrons. The molecule has 9 heteroatoms. The number of hydrogen-bond donors (Lipinski definition) is 3. The van der Waals surface area contributed by atoms with Crippen molar-refractivity contribution in [2.75, 3.05) is 10.6 Å². The van der Waals surface area contributed by atoms with E-state index in [4.69, 9.17) is 10.4 Å². The topological polar surface area (TPSA) is 119 Å². The summed E-state index contributed by atoms with van der Waals surface area (Å²) in [7, 11) is 0. The lowest BCUT2D eigenvalue weighted by Gasteiger charge is -2.13. The van der Waals surface area contributed by atoms with Gasteiger partial charge in [0, 0.05) is 5.56 Å². The Morgan fingerprint density at radius 2 is 1.83 bits per heavy atom. The van der Waals surface area contributed by atoms with Crippen LogP contribution in [0, 0.1) is 17.1 Å². The molecular weight excluding hydrogens is 409 g/mol. The van der Waals surface area contributed by atoms with Gasteiger partial charge in [-0.15, -0.1) is 11.3 Å². The second-order valence-corrected chi connectivity index (χ2v) is 7.01. The number of carbonyl (C=O) groups excluding carboxylic acids is 2. The average Bonchev–Trinajstić information content (AvgIpc) is 3.18. The molecule has 2 amide bonds. The van der Waals surface area contributed by atoms with E-state index in [0.717, 1.165) is 11.3 Å². The molecule has 2 aromatic carbocycles. The van der Waals surface area contributed by atoms with Crippen LogP contribution in [0.15, 0.2) is 53.9 Å². The molecule has 0 saturated heterocycles. The van der Waals surface area contributed by atoms with Crippen LogP contribution in [0.2, 0.25) is 0 Å². The van der Waals surface area contributed by atoms with Crippen molar-refractivity contribution in [3.63, 3.8) is 0 Å². The Hall–Kier alpha value is -4.03. The molecule has 0 aliphatic rings. The van der Waals surface area contributed by atoms with Gasteiger partial charge in [-0.25, -0.2) is 9.18 Å². The van der Waals surface area contributed by atoms with Crippen molar-refractivity contribution in [1.82, 2.24) is 0 Å². The number of rotatable bonds is 6. The molecule has 1 aromatic heterocycles. The average molecular weight is 423 g/mol. The Morgan fingerprint density at radius 3 is 2.53 bits per heavy atom. The zero-order chi connectivity index (χ0) is 21.7. The number of anilines is 2. The molecular formula is C21H14FN3O4S. The maximum absolute atomic E-state index is 14.1. The number of nitrogens with one attached hydrogen (secondary N) is 2. The predicted octanol–water partition coefficient (Wildman–Crippen LogP) is 4.73. The van der Waals surface area contributed by atoms with Crippen LogP contribution in [0.3, 0.4) is 0 Å². The Labute approximate surface area is 174 Å². The van der Waals surface area contributed by atoms with E-state index >= 15 is 0 Å². The highest BCUT2D eigenvalue weighted by Crippen LogP contribution is 2.31. The van der Waals surface area contributed by atoms with Gasteiger partial charge in [0.1, 0.15) is 11.9 Å². The molecule has 0 fully saturated rings. The third-order valence-electron chi connectivity index (χ3n) is 4.08. The van der Waals surface area contributed by atoms with Crippen LogP contribution in [-0.2, 0) is 4.79 Å². The van der Waals surface area contributed by atoms with Crippen LogP contribution in [0.1, 0.15) is 21.7 Å². The fourth-order valence-electron chi connectivity index (χ4n) is 2.77. The number of nitriles is 1. The summed E-state index contributed by atoms with van der Waals surface area (Å²) in [5, 5.41) is 24.3. The van der Waals surface area contributed by atoms with E-state index in [1.165, 1.54) is 36.4 Å². The van der Waals surface area contributed by atoms with Gasteiger partial charge in [-0.2, -0.15) is 5.26 Å². The highest BCUT2D eigenvalue weighted by atomic mass is 32.1. The summed E-state index contributed by atoms with van der Waals surface area (Å²) in [4.78, 5) is 36.0. The van der Waals surface area contributed by atoms with Gasteiger partial charge in [0.05, 0.1) is 28.2 Å². The molecule has 0 radical (unpaired) electrons. The lowest BCUT2D eigenvalue weighted by Crippen LogP contribution is -2.18. The van der Waals surface area contributed by atoms with Crippen LogP contribution < -0.4 is 10.6 Å². The van der Waals surface area contributed by atoms with Crippen molar-refractivity contribution < 1.29 is 23.9 Å². The second-order valence-electron chi connectivity index (χ2n) is 6.09. The number of amides is 2. The fourth-order valence-corrected chi connectivity index (χ4v) is 3.55. The van der Waals surface area contributed by atoms with Crippen LogP contribution in [0.4, 0.5) is 20.6 Å². The van der Waals surface area contributed by atoms with Gasteiger partial charge in [-0.1, -0.05) is 24.3 Å². The summed E-state index contributed by atoms with van der Waals surface area (Å²) in [6.45, 7) is 0. The summed E-state index contributed by atoms with van der Waals surface area (Å²) in [6, 6.07) is 13.7. The maximum Gasteiger partial charge on any atom is 0.409 e. The fraction of sp³-hybridized carbons (Fsp3) is 0.0476. The minimum absolute atomic E-state index is 0.0669. The van der Waals surface area contributed by atoms with Gasteiger partial charge >= 0.3 is 6.09 Å². The molecule has 3 aromatic rings. The van der Waals surface area contributed by atoms with E-state index in [0.29, 0.717) is 5.56 Å². The van der Waals surface area contributed by atoms with Crippen LogP contribution >= 0.6 is 11.3 Å². The minimum Gasteiger partial charge on any atom is -0.465 e. The lowest BCUT2D eigenvalue weighted by molar-refractivity contribution is -0.115. The van der Waals surface area contributed by atoms with Gasteiger partial charge in [-0.05, 0) is 35.2 Å². The van der Waals surface area contributed by atoms with Crippen molar-refractivity contribution >= 4 is 40.5 Å². The molecule has 0 atom stereocenters. The molecule has 1 heterocycles. The molecule has 0 aliphatic carbocycles. The first-order valence-electron chi connectivity index (χ1n) is 8.58. The minimum atomic E-state index is -1.35. The number of thiophene rings is 1. The van der Waals surface area contributed by atoms with Crippen molar-refractivity contribution in [2.45, 2.75) is 6.42 Å². The number of carbonyl (C=O) groups is 3. The number of carboxylic acid groups (broad SMARTS) is 1. The van der Waals surface area contributed by atoms with E-state index in [2.05, 4.69) is 10.6 Å². The molecule has 0 spiro atoms. The molecule has 3 N–H and O–H groups in total. The molecule has 0 unspecified atom stereocenters. The molecule has 0 aliphatic heterocycles. The standard InChI is InChI=1S/C21H14FN3O4S/c22-15-4-2-1-3-14(15)12-5-6-16(25-21(28)29)17(9-12)24-19(27)10-18(26)20-13(11-23)7-8-30-20/h1-9,25H,10H2,(H,24,27)(H,28,29). The highest BCUT2D eigenvalue weighted by molar-refractivity contribution is 7.12. The van der Waals surface area contributed by atoms with E-state index in [1.54, 1.807) is 17.5 Å². The zero-order valence-electron chi connectivity index (χ0n) is 15.3. The largest absolute Gasteiger partial charge is 0.465 e. The third kappa shape index (κ3) is 4.68. The first kappa shape index (κ1) is 20.7. The van der Waals surface area contributed by atoms with Crippen molar-refractivity contribution in [2.24, 2.45) is 0 Å². The summed E-state index contributed by atoms with van der Waals surface area (Å²) in [6.07, 6.45) is -1.89. The quantitative estimate of drug-likeness (QED) is 0.391. The normalized spacial score (nSPS) is 10.1. The van der Waals surface area contributed by atoms with Crippen molar-refractivity contribution in [3.05, 3.63) is 70.2 Å². The first-order valence-corrected chi connectivity index (χ1v) is 9.46. The Bertz CT molecular complexity index is 1180. The molecule has 0 saturated carbocycles. The first-order chi connectivity index (χ1) is 14.4. The Kier molecular flexibility index (Phi) is 6.20. The van der Waals surface area contributed by atoms with E-state index in [9.17, 15) is 18.8 Å². The zero-order valence-corrected chi connectivity index (χ0v) is 16.1. The van der Waals surface area contributed by atoms with Gasteiger partial charge in [-0.3, -0.25) is 14.9 Å². The summed E-state index contributed by atoms with van der Waals surface area (Å²) in [5.74, 6) is -1.71. The summed E-state index contributed by atoms with van der Waals surface area (Å²) >= 11 is 1.06. The van der Waals surface area contributed by atoms with Gasteiger partial charge in [0.25, 0.3) is 0 Å². The molecule has 0 bridgehead atoms. The number of ketones is 1. The Morgan fingerprint density at radius 1 is 1.07 bits per heavy atom. The monoisotopic (exact) mass is 423 g/mol. The highest BCUT2D eigenvalue weighted by Gasteiger charge is 2.19. The number of benzene rings is 2. The van der Waals surface area contributed by atoms with Gasteiger partial charge in [0.15, 0.2) is 5.78 Å². The van der Waals surface area contributed by atoms with Crippen molar-refractivity contribution in [3.8, 4) is 17.2 Å². The maximum atomic E-state index is 14.1. The number of halogens is 1. The van der Waals surface area contributed by atoms with Crippen LogP contribution in [0.25, 0.3) is 11.1 Å². The molecule has 3 rings (SSSR count). The van der Waals surface area contributed by atoms with E-state index < -0.39 is 30.0 Å². The van der Waals surface area contributed by atoms with E-state index in [1.807, 2.05) is 6.07 Å². The third-order valence-corrected chi connectivity index (χ3v) is 5.04. The van der Waals surface area contributed by atoms with E-state index in [-0.39, 0.29) is 27.4 Å². The number of nitrogens with zero attached hydrogens (tertiary/aromatic N) is 1. The van der Waals surface area contributed by atoms with Gasteiger partial charge < -0.3 is 10.4 Å². The van der Waals surface area contributed by atoms with Crippen LogP contribution in [0.5, 0.6) is 0 Å². The predicted molar refractivity (Wildman–Crippen MR) is 110 cm³/mol. The Balaban J connectivity index is 1.87. The number of hydrogen-bond acceptors (Lipinski definition) is 5. The number of Topliss-reactive ketones (excluding diaryl/α,β-unsaturated/α-hetero) is 1. The summed E-state index contributed by atoms with van der Waals surface area (Å²) in [5.41, 5.74) is 1.01. The van der Waals surface area contributed by atoms with Crippen LogP contribution in [-0.4, -0.2) is 22.9 Å².